The van der Waals surface area contributed by atoms with Gasteiger partial charge in [-0.2, -0.15) is 0 Å². The molecule has 0 radical (unpaired) electrons. The van der Waals surface area contributed by atoms with Crippen LogP contribution in [0.15, 0.2) is 34.8 Å². The van der Waals surface area contributed by atoms with E-state index in [9.17, 15) is 29.7 Å². The van der Waals surface area contributed by atoms with Gasteiger partial charge in [0.25, 0.3) is 5.91 Å². The fourth-order valence-corrected chi connectivity index (χ4v) is 5.79. The predicted octanol–water partition coefficient (Wildman–Crippen LogP) is 2.66. The van der Waals surface area contributed by atoms with Crippen molar-refractivity contribution in [2.24, 2.45) is 35.3 Å². The van der Waals surface area contributed by atoms with E-state index in [1.165, 1.54) is 6.07 Å². The number of primary amides is 1. The number of carbonyl (C=O) groups excluding carboxylic acids is 3. The van der Waals surface area contributed by atoms with Gasteiger partial charge in [0.15, 0.2) is 11.6 Å². The van der Waals surface area contributed by atoms with E-state index in [0.717, 1.165) is 30.4 Å². The molecular weight excluding hydrogens is 398 g/mol. The minimum Gasteiger partial charge on any atom is -0.511 e. The summed E-state index contributed by atoms with van der Waals surface area (Å²) in [6, 6.07) is 3.40. The molecule has 1 aromatic rings. The van der Waals surface area contributed by atoms with E-state index in [-0.39, 0.29) is 34.3 Å². The average molecular weight is 423 g/mol. The van der Waals surface area contributed by atoms with Crippen molar-refractivity contribution in [1.29, 1.82) is 0 Å². The lowest BCUT2D eigenvalue weighted by atomic mass is 9.59. The Morgan fingerprint density at radius 1 is 1.13 bits per heavy atom. The Labute approximate surface area is 179 Å². The molecule has 5 N–H and O–H groups in total. The maximum absolute atomic E-state index is 13.4. The highest BCUT2D eigenvalue weighted by atomic mass is 16.3. The Bertz CT molecular complexity index is 1110. The Morgan fingerprint density at radius 3 is 2.48 bits per heavy atom. The maximum Gasteiger partial charge on any atom is 0.255 e. The van der Waals surface area contributed by atoms with Crippen molar-refractivity contribution >= 4 is 17.5 Å². The molecule has 0 bridgehead atoms. The second-order valence-corrected chi connectivity index (χ2v) is 9.43. The van der Waals surface area contributed by atoms with Crippen LogP contribution in [-0.2, 0) is 22.4 Å². The van der Waals surface area contributed by atoms with E-state index >= 15 is 0 Å². The van der Waals surface area contributed by atoms with Crippen molar-refractivity contribution in [2.45, 2.75) is 39.0 Å². The van der Waals surface area contributed by atoms with E-state index in [2.05, 4.69) is 0 Å². The molecule has 162 valence electrons. The monoisotopic (exact) mass is 423 g/mol. The second-order valence-electron chi connectivity index (χ2n) is 9.43. The SMILES string of the molecule is CC1C(O)=C(C(N)=O)C(=O)C2C(O)=C3C(=O)c4c(O)ccc(CC5CC5)c4CC3CC12. The smallest absolute Gasteiger partial charge is 0.255 e. The largest absolute Gasteiger partial charge is 0.511 e. The van der Waals surface area contributed by atoms with Gasteiger partial charge in [0.1, 0.15) is 22.8 Å². The fraction of sp³-hybridized carbons (Fsp3) is 0.458. The molecule has 0 spiro atoms. The summed E-state index contributed by atoms with van der Waals surface area (Å²) in [5, 5.41) is 32.0. The molecule has 4 atom stereocenters. The van der Waals surface area contributed by atoms with Gasteiger partial charge in [-0.05, 0) is 67.1 Å². The normalized spacial score (nSPS) is 30.1. The van der Waals surface area contributed by atoms with E-state index < -0.39 is 40.8 Å². The Balaban J connectivity index is 1.63. The third-order valence-electron chi connectivity index (χ3n) is 7.58. The predicted molar refractivity (Wildman–Crippen MR) is 110 cm³/mol. The van der Waals surface area contributed by atoms with E-state index in [1.807, 2.05) is 6.07 Å². The number of aliphatic hydroxyl groups is 2. The van der Waals surface area contributed by atoms with E-state index in [0.29, 0.717) is 18.8 Å². The molecule has 1 amide bonds. The van der Waals surface area contributed by atoms with Crippen LogP contribution in [0.4, 0.5) is 0 Å². The van der Waals surface area contributed by atoms with Gasteiger partial charge in [0.05, 0.1) is 11.5 Å². The van der Waals surface area contributed by atoms with Crippen LogP contribution in [0, 0.1) is 29.6 Å². The zero-order valence-electron chi connectivity index (χ0n) is 17.2. The van der Waals surface area contributed by atoms with Crippen molar-refractivity contribution in [2.75, 3.05) is 0 Å². The van der Waals surface area contributed by atoms with Gasteiger partial charge in [-0.15, -0.1) is 0 Å². The van der Waals surface area contributed by atoms with Crippen molar-refractivity contribution in [1.82, 2.24) is 0 Å². The summed E-state index contributed by atoms with van der Waals surface area (Å²) >= 11 is 0. The number of phenolic OH excluding ortho intramolecular Hbond substituents is 1. The Morgan fingerprint density at radius 2 is 1.84 bits per heavy atom. The molecular formula is C24H25NO6. The van der Waals surface area contributed by atoms with Gasteiger partial charge in [0, 0.05) is 11.5 Å². The molecule has 1 saturated carbocycles. The summed E-state index contributed by atoms with van der Waals surface area (Å²) in [4.78, 5) is 38.2. The lowest BCUT2D eigenvalue weighted by Gasteiger charge is -2.43. The molecule has 7 nitrogen and oxygen atoms in total. The van der Waals surface area contributed by atoms with Crippen molar-refractivity contribution in [3.05, 3.63) is 51.5 Å². The minimum atomic E-state index is -1.10. The number of fused-ring (bicyclic) bond motifs is 3. The number of rotatable bonds is 3. The van der Waals surface area contributed by atoms with Crippen molar-refractivity contribution < 1.29 is 29.7 Å². The molecule has 0 aromatic heterocycles. The van der Waals surface area contributed by atoms with E-state index in [4.69, 9.17) is 5.73 Å². The first-order valence-corrected chi connectivity index (χ1v) is 10.8. The number of amides is 1. The Kier molecular flexibility index (Phi) is 4.29. The summed E-state index contributed by atoms with van der Waals surface area (Å²) in [5.74, 6) is -4.88. The summed E-state index contributed by atoms with van der Waals surface area (Å²) in [5.41, 5.74) is 7.02. The molecule has 4 aliphatic carbocycles. The number of Topliss-reactive ketones (excluding diaryl/α,β-unsaturated/α-hetero) is 2. The maximum atomic E-state index is 13.4. The molecule has 1 aromatic carbocycles. The fourth-order valence-electron chi connectivity index (χ4n) is 5.79. The lowest BCUT2D eigenvalue weighted by molar-refractivity contribution is -0.127. The quantitative estimate of drug-likeness (QED) is 0.552. The van der Waals surface area contributed by atoms with Crippen LogP contribution in [0.5, 0.6) is 5.75 Å². The van der Waals surface area contributed by atoms with Crippen molar-refractivity contribution in [3.8, 4) is 5.75 Å². The van der Waals surface area contributed by atoms with Gasteiger partial charge >= 0.3 is 0 Å². The highest BCUT2D eigenvalue weighted by Gasteiger charge is 2.52. The molecule has 5 rings (SSSR count). The van der Waals surface area contributed by atoms with Gasteiger partial charge in [-0.1, -0.05) is 13.0 Å². The van der Waals surface area contributed by atoms with E-state index in [1.54, 1.807) is 6.92 Å². The van der Waals surface area contributed by atoms with Crippen LogP contribution < -0.4 is 5.73 Å². The van der Waals surface area contributed by atoms with Gasteiger partial charge in [-0.3, -0.25) is 14.4 Å². The number of aromatic hydroxyl groups is 1. The number of allylic oxidation sites excluding steroid dienone is 3. The average Bonchev–Trinajstić information content (AvgIpc) is 3.51. The number of phenols is 1. The van der Waals surface area contributed by atoms with Gasteiger partial charge in [-0.25, -0.2) is 0 Å². The standard InChI is InChI=1S/C24H25NO6/c1-9-13-7-12-8-14-11(6-10-2-3-10)4-5-15(26)17(14)21(28)16(12)22(29)18(13)23(30)19(20(9)27)24(25)31/h4-5,9-10,12-13,18,26-27,29H,2-3,6-8H2,1H3,(H2,25,31). The number of carbonyl (C=O) groups is 3. The number of nitrogens with two attached hydrogens (primary N) is 1. The van der Waals surface area contributed by atoms with Crippen LogP contribution in [-0.4, -0.2) is 32.8 Å². The van der Waals surface area contributed by atoms with Crippen molar-refractivity contribution in [3.63, 3.8) is 0 Å². The number of hydrogen-bond donors (Lipinski definition) is 4. The third kappa shape index (κ3) is 2.82. The number of benzene rings is 1. The molecule has 4 unspecified atom stereocenters. The molecule has 0 saturated heterocycles. The molecule has 0 heterocycles. The molecule has 31 heavy (non-hydrogen) atoms. The lowest BCUT2D eigenvalue weighted by Crippen LogP contribution is -2.46. The van der Waals surface area contributed by atoms with Crippen LogP contribution >= 0.6 is 0 Å². The first-order valence-electron chi connectivity index (χ1n) is 10.8. The highest BCUT2D eigenvalue weighted by molar-refractivity contribution is 6.22. The first kappa shape index (κ1) is 19.8. The van der Waals surface area contributed by atoms with Gasteiger partial charge in [0.2, 0.25) is 0 Å². The third-order valence-corrected chi connectivity index (χ3v) is 7.58. The highest BCUT2D eigenvalue weighted by Crippen LogP contribution is 2.51. The zero-order valence-corrected chi connectivity index (χ0v) is 17.2. The van der Waals surface area contributed by atoms with Crippen LogP contribution in [0.2, 0.25) is 0 Å². The molecule has 0 aliphatic heterocycles. The van der Waals surface area contributed by atoms with Crippen LogP contribution in [0.3, 0.4) is 0 Å². The zero-order chi connectivity index (χ0) is 22.2. The second kappa shape index (κ2) is 6.70. The summed E-state index contributed by atoms with van der Waals surface area (Å²) in [6.07, 6.45) is 4.08. The molecule has 4 aliphatic rings. The van der Waals surface area contributed by atoms with Crippen LogP contribution in [0.1, 0.15) is 47.7 Å². The number of hydrogen-bond acceptors (Lipinski definition) is 6. The number of ketones is 2. The first-order chi connectivity index (χ1) is 14.7. The van der Waals surface area contributed by atoms with Gasteiger partial charge < -0.3 is 21.1 Å². The number of aliphatic hydroxyl groups excluding tert-OH is 2. The molecule has 7 heteroatoms. The topological polar surface area (TPSA) is 138 Å². The van der Waals surface area contributed by atoms with Crippen LogP contribution in [0.25, 0.3) is 0 Å². The Hall–Kier alpha value is -3.09. The summed E-state index contributed by atoms with van der Waals surface area (Å²) < 4.78 is 0. The minimum absolute atomic E-state index is 0.126. The summed E-state index contributed by atoms with van der Waals surface area (Å²) in [7, 11) is 0. The molecule has 1 fully saturated rings. The summed E-state index contributed by atoms with van der Waals surface area (Å²) in [6.45, 7) is 1.70.